The van der Waals surface area contributed by atoms with Crippen molar-refractivity contribution in [2.45, 2.75) is 13.8 Å². The number of esters is 2. The van der Waals surface area contributed by atoms with Gasteiger partial charge in [-0.05, 0) is 42.5 Å². The predicted molar refractivity (Wildman–Crippen MR) is 127 cm³/mol. The van der Waals surface area contributed by atoms with Crippen molar-refractivity contribution in [1.82, 2.24) is 0 Å². The van der Waals surface area contributed by atoms with Crippen LogP contribution in [0, 0.1) is 25.2 Å². The lowest BCUT2D eigenvalue weighted by Gasteiger charge is -2.19. The molecule has 2 aliphatic carbocycles. The lowest BCUT2D eigenvalue weighted by Crippen LogP contribution is -2.16. The SMILES string of the molecule is COC(=O)c1c(C(=O)OC)c(Nc2ccc(C)cc2)c2c(C#N)c3cccccc-3c2c1C. The van der Waals surface area contributed by atoms with E-state index in [0.717, 1.165) is 16.7 Å². The number of ether oxygens (including phenoxy) is 2. The van der Waals surface area contributed by atoms with E-state index in [2.05, 4.69) is 11.4 Å². The van der Waals surface area contributed by atoms with Crippen molar-refractivity contribution in [3.05, 3.63) is 82.4 Å². The largest absolute Gasteiger partial charge is 0.465 e. The van der Waals surface area contributed by atoms with Gasteiger partial charge in [-0.1, -0.05) is 48.0 Å². The quantitative estimate of drug-likeness (QED) is 0.408. The summed E-state index contributed by atoms with van der Waals surface area (Å²) in [6.45, 7) is 3.73. The molecule has 0 saturated carbocycles. The van der Waals surface area contributed by atoms with Gasteiger partial charge >= 0.3 is 11.9 Å². The number of aryl methyl sites for hydroxylation is 2. The Bertz CT molecular complexity index is 1420. The van der Waals surface area contributed by atoms with Crippen LogP contribution >= 0.6 is 0 Å². The van der Waals surface area contributed by atoms with E-state index in [9.17, 15) is 14.9 Å². The molecule has 6 nitrogen and oxygen atoms in total. The fraction of sp³-hybridized carbons (Fsp3) is 0.148. The predicted octanol–water partition coefficient (Wildman–Crippen LogP) is 5.75. The Hall–Kier alpha value is -4.37. The molecule has 0 spiro atoms. The molecule has 0 saturated heterocycles. The third-order valence-electron chi connectivity index (χ3n) is 5.79. The molecule has 33 heavy (non-hydrogen) atoms. The van der Waals surface area contributed by atoms with Crippen molar-refractivity contribution < 1.29 is 19.1 Å². The van der Waals surface area contributed by atoms with Gasteiger partial charge in [-0.25, -0.2) is 9.59 Å². The zero-order valence-corrected chi connectivity index (χ0v) is 18.8. The maximum atomic E-state index is 13.0. The minimum atomic E-state index is -0.699. The number of nitriles is 1. The van der Waals surface area contributed by atoms with Gasteiger partial charge in [-0.15, -0.1) is 0 Å². The Labute approximate surface area is 191 Å². The van der Waals surface area contributed by atoms with Gasteiger partial charge in [0.25, 0.3) is 0 Å². The molecule has 0 amide bonds. The smallest absolute Gasteiger partial charge is 0.340 e. The van der Waals surface area contributed by atoms with Crippen molar-refractivity contribution in [3.8, 4) is 17.2 Å². The first-order valence-electron chi connectivity index (χ1n) is 10.3. The van der Waals surface area contributed by atoms with Crippen LogP contribution in [0.1, 0.15) is 37.4 Å². The van der Waals surface area contributed by atoms with E-state index in [0.29, 0.717) is 33.3 Å². The van der Waals surface area contributed by atoms with Gasteiger partial charge in [0.15, 0.2) is 0 Å². The first-order chi connectivity index (χ1) is 15.9. The number of carbonyl (C=O) groups excluding carboxylic acids is 2. The average Bonchev–Trinajstić information content (AvgIpc) is 2.95. The minimum absolute atomic E-state index is 0.0334. The molecule has 0 aromatic heterocycles. The highest BCUT2D eigenvalue weighted by Crippen LogP contribution is 2.47. The van der Waals surface area contributed by atoms with Crippen LogP contribution in [0.5, 0.6) is 0 Å². The first kappa shape index (κ1) is 21.8. The highest BCUT2D eigenvalue weighted by atomic mass is 16.5. The van der Waals surface area contributed by atoms with Crippen LogP contribution in [-0.2, 0) is 9.47 Å². The second-order valence-corrected chi connectivity index (χ2v) is 7.70. The van der Waals surface area contributed by atoms with Crippen molar-refractivity contribution in [1.29, 1.82) is 5.26 Å². The maximum absolute atomic E-state index is 13.0. The van der Waals surface area contributed by atoms with E-state index in [4.69, 9.17) is 9.47 Å². The van der Waals surface area contributed by atoms with Crippen LogP contribution in [-0.4, -0.2) is 26.2 Å². The number of fused-ring (bicyclic) bond motifs is 3. The number of anilines is 2. The zero-order valence-electron chi connectivity index (χ0n) is 18.8. The summed E-state index contributed by atoms with van der Waals surface area (Å²) in [5, 5.41) is 14.7. The lowest BCUT2D eigenvalue weighted by molar-refractivity contribution is 0.0555. The first-order valence-corrected chi connectivity index (χ1v) is 10.3. The molecule has 0 aliphatic heterocycles. The van der Waals surface area contributed by atoms with Crippen LogP contribution in [0.2, 0.25) is 0 Å². The van der Waals surface area contributed by atoms with Crippen LogP contribution < -0.4 is 5.32 Å². The normalized spacial score (nSPS) is 10.6. The van der Waals surface area contributed by atoms with Crippen LogP contribution in [0.15, 0.2) is 54.6 Å². The summed E-state index contributed by atoms with van der Waals surface area (Å²) in [7, 11) is 2.52. The number of hydrogen-bond donors (Lipinski definition) is 1. The summed E-state index contributed by atoms with van der Waals surface area (Å²) < 4.78 is 10.1. The topological polar surface area (TPSA) is 88.4 Å². The van der Waals surface area contributed by atoms with Crippen LogP contribution in [0.3, 0.4) is 0 Å². The van der Waals surface area contributed by atoms with E-state index in [1.165, 1.54) is 14.2 Å². The van der Waals surface area contributed by atoms with E-state index < -0.39 is 11.9 Å². The Morgan fingerprint density at radius 1 is 0.818 bits per heavy atom. The fourth-order valence-electron chi connectivity index (χ4n) is 4.27. The molecule has 2 aromatic carbocycles. The molecule has 2 aliphatic rings. The van der Waals surface area contributed by atoms with Gasteiger partial charge in [0.05, 0.1) is 36.6 Å². The van der Waals surface area contributed by atoms with Crippen molar-refractivity contribution >= 4 is 34.1 Å². The molecule has 4 rings (SSSR count). The zero-order chi connectivity index (χ0) is 23.7. The Morgan fingerprint density at radius 3 is 2.03 bits per heavy atom. The minimum Gasteiger partial charge on any atom is -0.465 e. The molecular weight excluding hydrogens is 416 g/mol. The van der Waals surface area contributed by atoms with E-state index in [-0.39, 0.29) is 11.1 Å². The lowest BCUT2D eigenvalue weighted by atomic mass is 9.92. The number of carbonyl (C=O) groups is 2. The highest BCUT2D eigenvalue weighted by Gasteiger charge is 2.32. The molecule has 2 aromatic rings. The summed E-state index contributed by atoms with van der Waals surface area (Å²) in [6.07, 6.45) is 0. The molecule has 0 radical (unpaired) electrons. The molecule has 0 bridgehead atoms. The van der Waals surface area contributed by atoms with Gasteiger partial charge in [-0.2, -0.15) is 5.26 Å². The summed E-state index contributed by atoms with van der Waals surface area (Å²) in [5.74, 6) is -1.36. The maximum Gasteiger partial charge on any atom is 0.340 e. The van der Waals surface area contributed by atoms with Gasteiger partial charge in [0, 0.05) is 16.6 Å². The van der Waals surface area contributed by atoms with Crippen molar-refractivity contribution in [2.24, 2.45) is 0 Å². The van der Waals surface area contributed by atoms with Crippen LogP contribution in [0.25, 0.3) is 21.9 Å². The molecule has 6 heteroatoms. The number of benzene rings is 2. The number of rotatable bonds is 4. The Kier molecular flexibility index (Phi) is 5.72. The molecular formula is C27H22N2O4. The van der Waals surface area contributed by atoms with Crippen molar-refractivity contribution in [2.75, 3.05) is 19.5 Å². The summed E-state index contributed by atoms with van der Waals surface area (Å²) in [4.78, 5) is 25.9. The molecule has 1 N–H and O–H groups in total. The van der Waals surface area contributed by atoms with E-state index in [1.807, 2.05) is 61.5 Å². The number of nitrogens with one attached hydrogen (secondary N) is 1. The standard InChI is InChI=1S/C27H22N2O4/c1-15-10-12-17(13-11-15)29-25-23-20(14-28)18-8-6-5-7-9-19(18)21(23)16(2)22(26(30)32-3)24(25)27(31)33-4/h5-13,29H,1-4H3. The number of methoxy groups -OCH3 is 2. The average molecular weight is 438 g/mol. The Morgan fingerprint density at radius 2 is 1.42 bits per heavy atom. The van der Waals surface area contributed by atoms with E-state index in [1.54, 1.807) is 6.92 Å². The Balaban J connectivity index is 2.25. The molecule has 0 atom stereocenters. The fourth-order valence-corrected chi connectivity index (χ4v) is 4.27. The third kappa shape index (κ3) is 3.54. The van der Waals surface area contributed by atoms with Gasteiger partial charge in [-0.3, -0.25) is 0 Å². The third-order valence-corrected chi connectivity index (χ3v) is 5.79. The molecule has 0 unspecified atom stereocenters. The highest BCUT2D eigenvalue weighted by molar-refractivity contribution is 6.23. The van der Waals surface area contributed by atoms with Gasteiger partial charge < -0.3 is 14.8 Å². The number of nitrogens with zero attached hydrogens (tertiary/aromatic N) is 1. The second kappa shape index (κ2) is 8.64. The van der Waals surface area contributed by atoms with E-state index >= 15 is 0 Å². The molecule has 0 heterocycles. The monoisotopic (exact) mass is 438 g/mol. The summed E-state index contributed by atoms with van der Waals surface area (Å²) in [5.41, 5.74) is 4.74. The second-order valence-electron chi connectivity index (χ2n) is 7.70. The number of hydrogen-bond acceptors (Lipinski definition) is 6. The molecule has 0 fully saturated rings. The van der Waals surface area contributed by atoms with Gasteiger partial charge in [0.2, 0.25) is 0 Å². The van der Waals surface area contributed by atoms with Gasteiger partial charge in [0.1, 0.15) is 6.07 Å². The van der Waals surface area contributed by atoms with Crippen molar-refractivity contribution in [3.63, 3.8) is 0 Å². The summed E-state index contributed by atoms with van der Waals surface area (Å²) >= 11 is 0. The summed E-state index contributed by atoms with van der Waals surface area (Å²) in [6, 6.07) is 19.3. The van der Waals surface area contributed by atoms with Crippen LogP contribution in [0.4, 0.5) is 11.4 Å². The molecule has 164 valence electrons.